The molecule has 0 radical (unpaired) electrons. The molecule has 0 aliphatic heterocycles. The van der Waals surface area contributed by atoms with Gasteiger partial charge in [0, 0.05) is 12.7 Å². The average molecular weight is 340 g/mol. The zero-order chi connectivity index (χ0) is 18.4. The largest absolute Gasteiger partial charge is 0.492 e. The molecular formula is C21H28N2O2. The molecule has 0 fully saturated rings. The van der Waals surface area contributed by atoms with Crippen LogP contribution in [0.4, 0.5) is 10.5 Å². The number of hydrogen-bond acceptors (Lipinski definition) is 2. The summed E-state index contributed by atoms with van der Waals surface area (Å²) in [4.78, 5) is 14.1. The van der Waals surface area contributed by atoms with Gasteiger partial charge in [0.2, 0.25) is 0 Å². The number of likely N-dealkylation sites (N-methyl/N-ethyl adjacent to an activating group) is 1. The fraction of sp³-hybridized carbons (Fsp3) is 0.381. The molecule has 0 bridgehead atoms. The van der Waals surface area contributed by atoms with Gasteiger partial charge in [-0.1, -0.05) is 49.7 Å². The van der Waals surface area contributed by atoms with Gasteiger partial charge in [-0.15, -0.1) is 0 Å². The number of para-hydroxylation sites is 1. The Bertz CT molecular complexity index is 708. The van der Waals surface area contributed by atoms with Crippen LogP contribution in [-0.2, 0) is 0 Å². The Morgan fingerprint density at radius 3 is 2.44 bits per heavy atom. The molecule has 0 aromatic heterocycles. The molecule has 0 spiro atoms. The summed E-state index contributed by atoms with van der Waals surface area (Å²) in [5.41, 5.74) is 4.33. The van der Waals surface area contributed by atoms with Crippen LogP contribution in [0.5, 0.6) is 5.75 Å². The van der Waals surface area contributed by atoms with Crippen LogP contribution in [-0.4, -0.2) is 31.1 Å². The van der Waals surface area contributed by atoms with Crippen LogP contribution >= 0.6 is 0 Å². The van der Waals surface area contributed by atoms with Crippen molar-refractivity contribution in [2.75, 3.05) is 25.5 Å². The lowest BCUT2D eigenvalue weighted by Gasteiger charge is -2.21. The van der Waals surface area contributed by atoms with Crippen LogP contribution in [0.2, 0.25) is 0 Å². The molecule has 0 aliphatic carbocycles. The first-order valence-electron chi connectivity index (χ1n) is 8.69. The maximum Gasteiger partial charge on any atom is 0.321 e. The maximum atomic E-state index is 12.5. The summed E-state index contributed by atoms with van der Waals surface area (Å²) in [5.74, 6) is 1.17. The van der Waals surface area contributed by atoms with Crippen LogP contribution < -0.4 is 10.1 Å². The average Bonchev–Trinajstić information content (AvgIpc) is 2.58. The third kappa shape index (κ3) is 5.24. The molecule has 4 nitrogen and oxygen atoms in total. The molecule has 1 N–H and O–H groups in total. The van der Waals surface area contributed by atoms with Crippen molar-refractivity contribution in [3.05, 3.63) is 59.2 Å². The number of hydrogen-bond donors (Lipinski definition) is 1. The molecule has 2 amide bonds. The molecular weight excluding hydrogens is 312 g/mol. The highest BCUT2D eigenvalue weighted by Gasteiger charge is 2.14. The Labute approximate surface area is 150 Å². The number of urea groups is 1. The highest BCUT2D eigenvalue weighted by molar-refractivity contribution is 5.91. The lowest BCUT2D eigenvalue weighted by atomic mass is 9.98. The zero-order valence-corrected chi connectivity index (χ0v) is 15.8. The van der Waals surface area contributed by atoms with Crippen LogP contribution in [0.25, 0.3) is 0 Å². The molecule has 0 atom stereocenters. The van der Waals surface area contributed by atoms with Gasteiger partial charge in [0.05, 0.1) is 6.54 Å². The Hall–Kier alpha value is -2.49. The standard InChI is InChI=1S/C21H28N2O2/c1-15(2)19-8-6-7-17(4)20(19)22-21(24)23(5)13-14-25-18-11-9-16(3)10-12-18/h6-12,15H,13-14H2,1-5H3,(H,22,24). The minimum atomic E-state index is -0.122. The summed E-state index contributed by atoms with van der Waals surface area (Å²) in [5, 5.41) is 3.05. The lowest BCUT2D eigenvalue weighted by Crippen LogP contribution is -2.35. The topological polar surface area (TPSA) is 41.6 Å². The van der Waals surface area contributed by atoms with Crippen LogP contribution in [0.15, 0.2) is 42.5 Å². The van der Waals surface area contributed by atoms with Crippen LogP contribution in [0.3, 0.4) is 0 Å². The van der Waals surface area contributed by atoms with E-state index in [4.69, 9.17) is 4.74 Å². The molecule has 134 valence electrons. The summed E-state index contributed by atoms with van der Waals surface area (Å²) < 4.78 is 5.70. The van der Waals surface area contributed by atoms with E-state index in [2.05, 4.69) is 25.2 Å². The number of carbonyl (C=O) groups is 1. The smallest absolute Gasteiger partial charge is 0.321 e. The molecule has 2 aromatic rings. The van der Waals surface area contributed by atoms with E-state index in [1.807, 2.05) is 50.2 Å². The first-order chi connectivity index (χ1) is 11.9. The Morgan fingerprint density at radius 1 is 1.12 bits per heavy atom. The second-order valence-corrected chi connectivity index (χ2v) is 6.71. The van der Waals surface area contributed by atoms with Gasteiger partial charge in [-0.05, 0) is 43.0 Å². The molecule has 0 saturated carbocycles. The van der Waals surface area contributed by atoms with Crippen molar-refractivity contribution >= 4 is 11.7 Å². The quantitative estimate of drug-likeness (QED) is 0.806. The van der Waals surface area contributed by atoms with Crippen LogP contribution in [0.1, 0.15) is 36.5 Å². The van der Waals surface area contributed by atoms with Gasteiger partial charge in [-0.25, -0.2) is 4.79 Å². The molecule has 0 heterocycles. The van der Waals surface area contributed by atoms with Crippen molar-refractivity contribution in [2.24, 2.45) is 0 Å². The molecule has 2 rings (SSSR count). The van der Waals surface area contributed by atoms with E-state index in [-0.39, 0.29) is 6.03 Å². The number of carbonyl (C=O) groups excluding carboxylic acids is 1. The van der Waals surface area contributed by atoms with Gasteiger partial charge >= 0.3 is 6.03 Å². The molecule has 4 heteroatoms. The second kappa shape index (κ2) is 8.56. The van der Waals surface area contributed by atoms with Gasteiger partial charge in [-0.2, -0.15) is 0 Å². The van der Waals surface area contributed by atoms with Crippen molar-refractivity contribution in [1.29, 1.82) is 0 Å². The number of nitrogens with one attached hydrogen (secondary N) is 1. The summed E-state index contributed by atoms with van der Waals surface area (Å²) in [7, 11) is 1.78. The highest BCUT2D eigenvalue weighted by Crippen LogP contribution is 2.27. The van der Waals surface area contributed by atoms with Crippen molar-refractivity contribution in [1.82, 2.24) is 4.90 Å². The minimum absolute atomic E-state index is 0.122. The van der Waals surface area contributed by atoms with E-state index in [0.29, 0.717) is 19.1 Å². The summed E-state index contributed by atoms with van der Waals surface area (Å²) in [6.45, 7) is 9.29. The number of aryl methyl sites for hydroxylation is 2. The number of nitrogens with zero attached hydrogens (tertiary/aromatic N) is 1. The third-order valence-electron chi connectivity index (χ3n) is 4.22. The zero-order valence-electron chi connectivity index (χ0n) is 15.8. The first-order valence-corrected chi connectivity index (χ1v) is 8.69. The van der Waals surface area contributed by atoms with E-state index in [0.717, 1.165) is 22.6 Å². The number of benzene rings is 2. The molecule has 2 aromatic carbocycles. The van der Waals surface area contributed by atoms with E-state index >= 15 is 0 Å². The predicted molar refractivity (Wildman–Crippen MR) is 104 cm³/mol. The fourth-order valence-corrected chi connectivity index (χ4v) is 2.58. The van der Waals surface area contributed by atoms with Gasteiger partial charge in [0.25, 0.3) is 0 Å². The summed E-state index contributed by atoms with van der Waals surface area (Å²) in [6.07, 6.45) is 0. The van der Waals surface area contributed by atoms with Gasteiger partial charge in [0.15, 0.2) is 0 Å². The lowest BCUT2D eigenvalue weighted by molar-refractivity contribution is 0.207. The summed E-state index contributed by atoms with van der Waals surface area (Å²) >= 11 is 0. The van der Waals surface area contributed by atoms with E-state index in [1.54, 1.807) is 11.9 Å². The molecule has 25 heavy (non-hydrogen) atoms. The maximum absolute atomic E-state index is 12.5. The van der Waals surface area contributed by atoms with Crippen molar-refractivity contribution in [3.63, 3.8) is 0 Å². The van der Waals surface area contributed by atoms with Crippen molar-refractivity contribution < 1.29 is 9.53 Å². The van der Waals surface area contributed by atoms with Gasteiger partial charge < -0.3 is 15.0 Å². The Morgan fingerprint density at radius 2 is 1.80 bits per heavy atom. The highest BCUT2D eigenvalue weighted by atomic mass is 16.5. The van der Waals surface area contributed by atoms with E-state index in [1.165, 1.54) is 5.56 Å². The predicted octanol–water partition coefficient (Wildman–Crippen LogP) is 4.97. The molecule has 0 aliphatic rings. The molecule has 0 saturated heterocycles. The monoisotopic (exact) mass is 340 g/mol. The first kappa shape index (κ1) is 18.8. The fourth-order valence-electron chi connectivity index (χ4n) is 2.58. The van der Waals surface area contributed by atoms with Crippen molar-refractivity contribution in [2.45, 2.75) is 33.6 Å². The van der Waals surface area contributed by atoms with Crippen molar-refractivity contribution in [3.8, 4) is 5.75 Å². The van der Waals surface area contributed by atoms with Gasteiger partial charge in [-0.3, -0.25) is 0 Å². The second-order valence-electron chi connectivity index (χ2n) is 6.71. The van der Waals surface area contributed by atoms with Crippen LogP contribution in [0, 0.1) is 13.8 Å². The third-order valence-corrected chi connectivity index (χ3v) is 4.22. The van der Waals surface area contributed by atoms with Gasteiger partial charge in [0.1, 0.15) is 12.4 Å². The number of ether oxygens (including phenoxy) is 1. The minimum Gasteiger partial charge on any atom is -0.492 e. The molecule has 0 unspecified atom stereocenters. The number of amides is 2. The SMILES string of the molecule is Cc1ccc(OCCN(C)C(=O)Nc2c(C)cccc2C(C)C)cc1. The van der Waals surface area contributed by atoms with E-state index in [9.17, 15) is 4.79 Å². The summed E-state index contributed by atoms with van der Waals surface area (Å²) in [6, 6.07) is 13.9. The Kier molecular flexibility index (Phi) is 6.45. The number of anilines is 1. The number of rotatable bonds is 6. The normalized spacial score (nSPS) is 10.6. The van der Waals surface area contributed by atoms with E-state index < -0.39 is 0 Å². The Balaban J connectivity index is 1.91.